The third-order valence-corrected chi connectivity index (χ3v) is 10.1. The molecular formula is C40H60ClN10O5+. The summed E-state index contributed by atoms with van der Waals surface area (Å²) in [6.45, 7) is 6.30. The summed E-state index contributed by atoms with van der Waals surface area (Å²) in [7, 11) is 7.84. The zero-order chi connectivity index (χ0) is 40.5. The molecule has 2 heterocycles. The number of piperidine rings is 1. The number of nitrogens with one attached hydrogen (secondary N) is 3. The Morgan fingerprint density at radius 3 is 1.77 bits per heavy atom. The zero-order valence-corrected chi connectivity index (χ0v) is 34.1. The largest absolute Gasteiger partial charge is 0.484 e. The Morgan fingerprint density at radius 2 is 1.29 bits per heavy atom. The van der Waals surface area contributed by atoms with Crippen LogP contribution in [-0.2, 0) is 22.4 Å². The first-order valence-corrected chi connectivity index (χ1v) is 19.7. The molecule has 1 fully saturated rings. The van der Waals surface area contributed by atoms with E-state index in [1.165, 1.54) is 11.1 Å². The molecule has 16 heteroatoms. The van der Waals surface area contributed by atoms with Crippen molar-refractivity contribution in [1.29, 1.82) is 0 Å². The molecular weight excluding hydrogens is 736 g/mol. The molecule has 3 aromatic rings. The average molecular weight is 796 g/mol. The minimum absolute atomic E-state index is 0.0180. The van der Waals surface area contributed by atoms with E-state index >= 15 is 0 Å². The van der Waals surface area contributed by atoms with Gasteiger partial charge in [0, 0.05) is 39.0 Å². The number of benzene rings is 2. The minimum atomic E-state index is -0.413. The number of quaternary nitrogens is 1. The second-order valence-corrected chi connectivity index (χ2v) is 15.4. The lowest BCUT2D eigenvalue weighted by atomic mass is 9.99. The number of nitrogens with two attached hydrogens (primary N) is 2. The maximum Gasteiger partial charge on any atom is 0.274 e. The molecule has 0 aliphatic carbocycles. The first kappa shape index (κ1) is 44.0. The Balaban J connectivity index is 1.34. The van der Waals surface area contributed by atoms with Gasteiger partial charge in [0.25, 0.3) is 17.7 Å². The van der Waals surface area contributed by atoms with Gasteiger partial charge in [0.15, 0.2) is 35.7 Å². The normalized spacial score (nSPS) is 15.0. The Labute approximate surface area is 336 Å². The summed E-state index contributed by atoms with van der Waals surface area (Å²) in [6.07, 6.45) is 5.47. The molecule has 0 radical (unpaired) electrons. The Kier molecular flexibility index (Phi) is 17.4. The fourth-order valence-corrected chi connectivity index (χ4v) is 6.93. The number of nitrogens with zero attached hydrogens (tertiary/aromatic N) is 5. The Bertz CT molecular complexity index is 1630. The lowest BCUT2D eigenvalue weighted by Crippen LogP contribution is -2.60. The Morgan fingerprint density at radius 1 is 0.786 bits per heavy atom. The number of likely N-dealkylation sites (N-methyl/N-ethyl adjacent to an activating group) is 2. The van der Waals surface area contributed by atoms with Crippen molar-refractivity contribution >= 4 is 41.0 Å². The lowest BCUT2D eigenvalue weighted by molar-refractivity contribution is -0.933. The van der Waals surface area contributed by atoms with Crippen LogP contribution in [0, 0.1) is 0 Å². The van der Waals surface area contributed by atoms with Gasteiger partial charge in [-0.2, -0.15) is 0 Å². The average Bonchev–Trinajstić information content (AvgIpc) is 3.15. The van der Waals surface area contributed by atoms with Crippen LogP contribution in [0.5, 0.6) is 11.5 Å². The smallest absolute Gasteiger partial charge is 0.274 e. The first-order chi connectivity index (χ1) is 26.8. The van der Waals surface area contributed by atoms with Crippen LogP contribution >= 0.6 is 11.6 Å². The summed E-state index contributed by atoms with van der Waals surface area (Å²) in [5.74, 6) is 0.534. The fourth-order valence-electron chi connectivity index (χ4n) is 6.80. The molecule has 0 saturated carbocycles. The monoisotopic (exact) mass is 795 g/mol. The second-order valence-electron chi connectivity index (χ2n) is 15.0. The molecule has 1 saturated heterocycles. The van der Waals surface area contributed by atoms with Crippen LogP contribution in [0.25, 0.3) is 0 Å². The molecule has 1 aromatic heterocycles. The van der Waals surface area contributed by atoms with Gasteiger partial charge in [-0.15, -0.1) is 0 Å². The van der Waals surface area contributed by atoms with Crippen molar-refractivity contribution in [2.45, 2.75) is 44.6 Å². The molecule has 15 nitrogen and oxygen atoms in total. The number of hydrogen-bond donors (Lipinski definition) is 5. The van der Waals surface area contributed by atoms with Gasteiger partial charge in [-0.1, -0.05) is 35.9 Å². The molecule has 0 spiro atoms. The molecule has 7 N–H and O–H groups in total. The van der Waals surface area contributed by atoms with Gasteiger partial charge in [0.1, 0.15) is 11.5 Å². The number of aromatic nitrogens is 2. The highest BCUT2D eigenvalue weighted by atomic mass is 35.5. The molecule has 4 rings (SSSR count). The van der Waals surface area contributed by atoms with Crippen molar-refractivity contribution in [3.05, 3.63) is 70.5 Å². The SMILES string of the molecule is CN(C)CCNC(=O)COc1ccc(CCC[N+]2(CCCc3ccc(OCC(=O)NCCN(C)C)cc3)CCCC(NC(=O)c3nc(Cl)c(N)nc3N)C2)cc1. The van der Waals surface area contributed by atoms with Crippen LogP contribution in [0.2, 0.25) is 5.15 Å². The van der Waals surface area contributed by atoms with Crippen LogP contribution < -0.4 is 36.9 Å². The number of amides is 3. The van der Waals surface area contributed by atoms with E-state index in [1.54, 1.807) is 0 Å². The number of halogens is 1. The van der Waals surface area contributed by atoms with Crippen LogP contribution in [0.4, 0.5) is 11.6 Å². The molecule has 0 bridgehead atoms. The molecule has 56 heavy (non-hydrogen) atoms. The van der Waals surface area contributed by atoms with E-state index in [0.29, 0.717) is 24.6 Å². The van der Waals surface area contributed by atoms with Crippen molar-refractivity contribution in [3.8, 4) is 11.5 Å². The molecule has 3 amide bonds. The highest BCUT2D eigenvalue weighted by molar-refractivity contribution is 6.31. The van der Waals surface area contributed by atoms with Gasteiger partial charge >= 0.3 is 0 Å². The number of carbonyl (C=O) groups excluding carboxylic acids is 3. The number of rotatable bonds is 22. The van der Waals surface area contributed by atoms with E-state index in [9.17, 15) is 14.4 Å². The van der Waals surface area contributed by atoms with Gasteiger partial charge in [0.05, 0.1) is 32.2 Å². The van der Waals surface area contributed by atoms with Crippen molar-refractivity contribution in [1.82, 2.24) is 35.7 Å². The van der Waals surface area contributed by atoms with Gasteiger partial charge in [-0.25, -0.2) is 9.97 Å². The summed E-state index contributed by atoms with van der Waals surface area (Å²) < 4.78 is 12.3. The molecule has 1 aliphatic heterocycles. The summed E-state index contributed by atoms with van der Waals surface area (Å²) in [5, 5.41) is 8.81. The summed E-state index contributed by atoms with van der Waals surface area (Å²) in [5.41, 5.74) is 14.1. The van der Waals surface area contributed by atoms with Crippen molar-refractivity contribution in [2.75, 3.05) is 105 Å². The van der Waals surface area contributed by atoms with Gasteiger partial charge < -0.3 is 51.2 Å². The third kappa shape index (κ3) is 15.1. The second kappa shape index (κ2) is 22.1. The molecule has 1 aliphatic rings. The van der Waals surface area contributed by atoms with Crippen LogP contribution in [0.1, 0.15) is 47.3 Å². The first-order valence-electron chi connectivity index (χ1n) is 19.3. The predicted molar refractivity (Wildman–Crippen MR) is 220 cm³/mol. The number of anilines is 2. The Hall–Kier alpha value is -4.70. The van der Waals surface area contributed by atoms with E-state index < -0.39 is 5.91 Å². The fraction of sp³-hybridized carbons (Fsp3) is 0.525. The summed E-state index contributed by atoms with van der Waals surface area (Å²) in [4.78, 5) is 49.6. The highest BCUT2D eigenvalue weighted by Gasteiger charge is 2.35. The quantitative estimate of drug-likeness (QED) is 0.0940. The number of ether oxygens (including phenoxy) is 2. The van der Waals surface area contributed by atoms with Crippen LogP contribution in [-0.4, -0.2) is 142 Å². The van der Waals surface area contributed by atoms with E-state index in [1.807, 2.05) is 62.3 Å². The molecule has 306 valence electrons. The van der Waals surface area contributed by atoms with E-state index in [-0.39, 0.29) is 53.6 Å². The summed E-state index contributed by atoms with van der Waals surface area (Å²) in [6, 6.07) is 15.8. The standard InChI is InChI=1S/C40H59ClN10O5/c1-49(2)21-19-44-34(52)27-55-32-15-11-29(12-16-32)8-5-23-51(25-7-10-31(26-51)46-40(54)36-38(42)48-39(43)37(41)47-36)24-6-9-30-13-17-33(18-14-30)56-28-35(53)45-20-22-50(3)4/h11-18,31H,5-10,19-28H2,1-4H3,(H6-,42,43,44,45,46,48,52,53,54)/p+1. The van der Waals surface area contributed by atoms with Crippen molar-refractivity contribution < 1.29 is 28.3 Å². The third-order valence-electron chi connectivity index (χ3n) is 9.79. The highest BCUT2D eigenvalue weighted by Crippen LogP contribution is 2.25. The maximum atomic E-state index is 13.3. The van der Waals surface area contributed by atoms with E-state index in [0.717, 1.165) is 82.3 Å². The molecule has 1 atom stereocenters. The number of carbonyl (C=O) groups is 3. The predicted octanol–water partition coefficient (Wildman–Crippen LogP) is 2.38. The van der Waals surface area contributed by atoms with Gasteiger partial charge in [-0.05, 0) is 89.3 Å². The van der Waals surface area contributed by atoms with E-state index in [4.69, 9.17) is 32.5 Å². The number of nitrogen functional groups attached to an aromatic ring is 2. The van der Waals surface area contributed by atoms with Crippen LogP contribution in [0.3, 0.4) is 0 Å². The van der Waals surface area contributed by atoms with Gasteiger partial charge in [-0.3, -0.25) is 14.4 Å². The molecule has 1 unspecified atom stereocenters. The lowest BCUT2D eigenvalue weighted by Gasteiger charge is -2.45. The number of hydrogen-bond acceptors (Lipinski definition) is 11. The number of aryl methyl sites for hydroxylation is 2. The maximum absolute atomic E-state index is 13.3. The minimum Gasteiger partial charge on any atom is -0.484 e. The topological polar surface area (TPSA) is 190 Å². The van der Waals surface area contributed by atoms with Crippen molar-refractivity contribution in [3.63, 3.8) is 0 Å². The molecule has 2 aromatic carbocycles. The van der Waals surface area contributed by atoms with E-state index in [2.05, 4.69) is 50.2 Å². The van der Waals surface area contributed by atoms with Gasteiger partial charge in [0.2, 0.25) is 0 Å². The van der Waals surface area contributed by atoms with Crippen molar-refractivity contribution in [2.24, 2.45) is 0 Å². The summed E-state index contributed by atoms with van der Waals surface area (Å²) >= 11 is 6.07. The van der Waals surface area contributed by atoms with Crippen LogP contribution in [0.15, 0.2) is 48.5 Å². The number of likely N-dealkylation sites (tertiary alicyclic amines) is 1. The zero-order valence-electron chi connectivity index (χ0n) is 33.3.